The fourth-order valence-corrected chi connectivity index (χ4v) is 3.24. The van der Waals surface area contributed by atoms with Crippen molar-refractivity contribution in [2.24, 2.45) is 0 Å². The Kier molecular flexibility index (Phi) is 3.09. The summed E-state index contributed by atoms with van der Waals surface area (Å²) >= 11 is 1.64. The third-order valence-electron chi connectivity index (χ3n) is 3.17. The SMILES string of the molecule is FC(F)=C1CCC(c2nc3ccccc3s2)NC1. The minimum atomic E-state index is -1.54. The predicted molar refractivity (Wildman–Crippen MR) is 68.8 cm³/mol. The quantitative estimate of drug-likeness (QED) is 0.847. The van der Waals surface area contributed by atoms with Crippen molar-refractivity contribution in [3.63, 3.8) is 0 Å². The molecule has 0 bridgehead atoms. The van der Waals surface area contributed by atoms with Gasteiger partial charge < -0.3 is 5.32 Å². The topological polar surface area (TPSA) is 24.9 Å². The summed E-state index contributed by atoms with van der Waals surface area (Å²) in [7, 11) is 0. The molecule has 0 saturated carbocycles. The largest absolute Gasteiger partial charge is 0.304 e. The molecule has 1 N–H and O–H groups in total. The number of para-hydroxylation sites is 1. The van der Waals surface area contributed by atoms with Crippen molar-refractivity contribution < 1.29 is 8.78 Å². The molecule has 1 fully saturated rings. The number of benzene rings is 1. The molecule has 18 heavy (non-hydrogen) atoms. The van der Waals surface area contributed by atoms with Crippen molar-refractivity contribution in [1.82, 2.24) is 10.3 Å². The number of nitrogens with zero attached hydrogens (tertiary/aromatic N) is 1. The van der Waals surface area contributed by atoms with E-state index in [4.69, 9.17) is 0 Å². The third kappa shape index (κ3) is 2.15. The summed E-state index contributed by atoms with van der Waals surface area (Å²) in [6, 6.07) is 8.05. The van der Waals surface area contributed by atoms with Crippen LogP contribution < -0.4 is 5.32 Å². The lowest BCUT2D eigenvalue weighted by atomic mass is 10.0. The summed E-state index contributed by atoms with van der Waals surface area (Å²) < 4.78 is 26.0. The van der Waals surface area contributed by atoms with Crippen LogP contribution in [0.5, 0.6) is 0 Å². The number of fused-ring (bicyclic) bond motifs is 1. The van der Waals surface area contributed by atoms with E-state index in [-0.39, 0.29) is 18.2 Å². The van der Waals surface area contributed by atoms with Crippen LogP contribution in [0.25, 0.3) is 10.2 Å². The number of thiazole rings is 1. The molecule has 2 nitrogen and oxygen atoms in total. The molecule has 1 atom stereocenters. The van der Waals surface area contributed by atoms with E-state index in [1.54, 1.807) is 11.3 Å². The monoisotopic (exact) mass is 266 g/mol. The molecule has 2 heterocycles. The van der Waals surface area contributed by atoms with E-state index < -0.39 is 6.08 Å². The standard InChI is InChI=1S/C13H12F2N2S/c14-12(15)8-5-6-10(16-7-8)13-17-9-3-1-2-4-11(9)18-13/h1-4,10,16H,5-7H2. The summed E-state index contributed by atoms with van der Waals surface area (Å²) in [5, 5.41) is 4.13. The maximum Gasteiger partial charge on any atom is 0.270 e. The molecule has 1 aliphatic heterocycles. The van der Waals surface area contributed by atoms with Crippen LogP contribution in [0.2, 0.25) is 0 Å². The van der Waals surface area contributed by atoms with Gasteiger partial charge in [0.15, 0.2) is 0 Å². The summed E-state index contributed by atoms with van der Waals surface area (Å²) in [5.74, 6) is 0. The van der Waals surface area contributed by atoms with E-state index in [0.29, 0.717) is 12.8 Å². The molecule has 0 aliphatic carbocycles. The molecular weight excluding hydrogens is 254 g/mol. The number of hydrogen-bond acceptors (Lipinski definition) is 3. The minimum absolute atomic E-state index is 0.102. The first-order valence-electron chi connectivity index (χ1n) is 5.86. The number of hydrogen-bond donors (Lipinski definition) is 1. The van der Waals surface area contributed by atoms with Crippen LogP contribution >= 0.6 is 11.3 Å². The highest BCUT2D eigenvalue weighted by atomic mass is 32.1. The van der Waals surface area contributed by atoms with Crippen LogP contribution in [-0.4, -0.2) is 11.5 Å². The summed E-state index contributed by atoms with van der Waals surface area (Å²) in [5.41, 5.74) is 1.21. The van der Waals surface area contributed by atoms with Crippen LogP contribution in [0.1, 0.15) is 23.9 Å². The number of aromatic nitrogens is 1. The van der Waals surface area contributed by atoms with Gasteiger partial charge in [0.05, 0.1) is 16.3 Å². The second-order valence-corrected chi connectivity index (χ2v) is 5.42. The number of rotatable bonds is 1. The lowest BCUT2D eigenvalue weighted by Crippen LogP contribution is -2.28. The molecule has 2 aromatic rings. The van der Waals surface area contributed by atoms with Crippen molar-refractivity contribution in [3.05, 3.63) is 40.9 Å². The van der Waals surface area contributed by atoms with Crippen LogP contribution in [0, 0.1) is 0 Å². The first kappa shape index (κ1) is 11.7. The van der Waals surface area contributed by atoms with Gasteiger partial charge in [-0.2, -0.15) is 8.78 Å². The molecule has 1 aromatic carbocycles. The molecule has 0 spiro atoms. The van der Waals surface area contributed by atoms with Gasteiger partial charge in [-0.25, -0.2) is 4.98 Å². The normalized spacial score (nSPS) is 20.3. The van der Waals surface area contributed by atoms with E-state index in [2.05, 4.69) is 10.3 Å². The van der Waals surface area contributed by atoms with Gasteiger partial charge in [0.25, 0.3) is 6.08 Å². The van der Waals surface area contributed by atoms with Crippen molar-refractivity contribution in [2.45, 2.75) is 18.9 Å². The van der Waals surface area contributed by atoms with Gasteiger partial charge in [-0.15, -0.1) is 11.3 Å². The van der Waals surface area contributed by atoms with Crippen molar-refractivity contribution in [1.29, 1.82) is 0 Å². The first-order chi connectivity index (χ1) is 8.74. The van der Waals surface area contributed by atoms with Gasteiger partial charge in [0, 0.05) is 12.1 Å². The van der Waals surface area contributed by atoms with Crippen molar-refractivity contribution in [2.75, 3.05) is 6.54 Å². The minimum Gasteiger partial charge on any atom is -0.304 e. The maximum atomic E-state index is 12.4. The third-order valence-corrected chi connectivity index (χ3v) is 4.32. The molecule has 1 saturated heterocycles. The number of halogens is 2. The smallest absolute Gasteiger partial charge is 0.270 e. The Bertz CT molecular complexity index is 559. The van der Waals surface area contributed by atoms with Gasteiger partial charge in [0.2, 0.25) is 0 Å². The van der Waals surface area contributed by atoms with Gasteiger partial charge in [-0.3, -0.25) is 0 Å². The number of nitrogens with one attached hydrogen (secondary N) is 1. The molecule has 94 valence electrons. The van der Waals surface area contributed by atoms with Crippen LogP contribution in [0.15, 0.2) is 35.9 Å². The molecule has 1 unspecified atom stereocenters. The number of piperidine rings is 1. The van der Waals surface area contributed by atoms with E-state index in [0.717, 1.165) is 15.2 Å². The molecule has 1 aromatic heterocycles. The van der Waals surface area contributed by atoms with Crippen molar-refractivity contribution >= 4 is 21.6 Å². The average molecular weight is 266 g/mol. The summed E-state index contributed by atoms with van der Waals surface area (Å²) in [4.78, 5) is 4.56. The molecule has 0 amide bonds. The van der Waals surface area contributed by atoms with Crippen LogP contribution in [-0.2, 0) is 0 Å². The summed E-state index contributed by atoms with van der Waals surface area (Å²) in [6.07, 6.45) is -0.396. The Balaban J connectivity index is 1.82. The van der Waals surface area contributed by atoms with Crippen LogP contribution in [0.4, 0.5) is 8.78 Å². The predicted octanol–water partition coefficient (Wildman–Crippen LogP) is 3.87. The Morgan fingerprint density at radius 2 is 2.17 bits per heavy atom. The lowest BCUT2D eigenvalue weighted by molar-refractivity contribution is 0.379. The van der Waals surface area contributed by atoms with E-state index in [9.17, 15) is 8.78 Å². The van der Waals surface area contributed by atoms with Gasteiger partial charge in [0.1, 0.15) is 5.01 Å². The van der Waals surface area contributed by atoms with E-state index >= 15 is 0 Å². The molecule has 5 heteroatoms. The molecule has 3 rings (SSSR count). The molecule has 0 radical (unpaired) electrons. The fourth-order valence-electron chi connectivity index (χ4n) is 2.17. The second kappa shape index (κ2) is 4.74. The Morgan fingerprint density at radius 3 is 2.83 bits per heavy atom. The average Bonchev–Trinajstić information content (AvgIpc) is 2.82. The maximum absolute atomic E-state index is 12.4. The second-order valence-electron chi connectivity index (χ2n) is 4.36. The van der Waals surface area contributed by atoms with Gasteiger partial charge >= 0.3 is 0 Å². The zero-order chi connectivity index (χ0) is 12.5. The lowest BCUT2D eigenvalue weighted by Gasteiger charge is -2.23. The first-order valence-corrected chi connectivity index (χ1v) is 6.67. The zero-order valence-electron chi connectivity index (χ0n) is 9.62. The van der Waals surface area contributed by atoms with Gasteiger partial charge in [-0.05, 0) is 25.0 Å². The zero-order valence-corrected chi connectivity index (χ0v) is 10.4. The molecular formula is C13H12F2N2S. The van der Waals surface area contributed by atoms with E-state index in [1.807, 2.05) is 24.3 Å². The summed E-state index contributed by atoms with van der Waals surface area (Å²) in [6.45, 7) is 0.267. The highest BCUT2D eigenvalue weighted by molar-refractivity contribution is 7.18. The van der Waals surface area contributed by atoms with Gasteiger partial charge in [-0.1, -0.05) is 12.1 Å². The Hall–Kier alpha value is -1.33. The van der Waals surface area contributed by atoms with Crippen LogP contribution in [0.3, 0.4) is 0 Å². The molecule has 1 aliphatic rings. The highest BCUT2D eigenvalue weighted by Crippen LogP contribution is 2.32. The Labute approximate surface area is 107 Å². The van der Waals surface area contributed by atoms with E-state index in [1.165, 1.54) is 0 Å². The fraction of sp³-hybridized carbons (Fsp3) is 0.308. The van der Waals surface area contributed by atoms with Crippen molar-refractivity contribution in [3.8, 4) is 0 Å². The Morgan fingerprint density at radius 1 is 1.33 bits per heavy atom. The highest BCUT2D eigenvalue weighted by Gasteiger charge is 2.22.